The summed E-state index contributed by atoms with van der Waals surface area (Å²) in [5, 5.41) is 7.39. The highest BCUT2D eigenvalue weighted by atomic mass is 127. The second kappa shape index (κ2) is 3.17. The smallest absolute Gasteiger partial charge is 0.133 e. The summed E-state index contributed by atoms with van der Waals surface area (Å²) in [6, 6.07) is 1.84. The summed E-state index contributed by atoms with van der Waals surface area (Å²) in [6.45, 7) is 1.70. The lowest BCUT2D eigenvalue weighted by molar-refractivity contribution is 1.29. The molecule has 0 fully saturated rings. The van der Waals surface area contributed by atoms with E-state index in [-0.39, 0.29) is 0 Å². The van der Waals surface area contributed by atoms with E-state index in [0.717, 1.165) is 9.13 Å². The van der Waals surface area contributed by atoms with Crippen LogP contribution in [0.2, 0.25) is 0 Å². The zero-order valence-electron chi connectivity index (χ0n) is 6.06. The maximum atomic E-state index is 7.39. The molecule has 0 aromatic carbocycles. The first kappa shape index (κ1) is 8.45. The molecule has 11 heavy (non-hydrogen) atoms. The molecule has 3 N–H and O–H groups in total. The van der Waals surface area contributed by atoms with E-state index < -0.39 is 0 Å². The van der Waals surface area contributed by atoms with Gasteiger partial charge in [-0.05, 0) is 35.6 Å². The average Bonchev–Trinajstić information content (AvgIpc) is 1.85. The lowest BCUT2D eigenvalue weighted by atomic mass is 10.2. The molecule has 0 spiro atoms. The molecule has 1 rings (SSSR count). The Bertz CT molecular complexity index is 275. The maximum absolute atomic E-state index is 7.39. The number of hydrogen-bond donors (Lipinski definition) is 2. The molecule has 0 amide bonds. The van der Waals surface area contributed by atoms with Crippen LogP contribution in [0, 0.1) is 8.98 Å². The molecule has 0 atom stereocenters. The number of hydrogen-bond acceptors (Lipinski definition) is 3. The minimum Gasteiger partial charge on any atom is -0.383 e. The first-order valence-electron chi connectivity index (χ1n) is 3.08. The molecule has 0 aliphatic heterocycles. The Balaban J connectivity index is 3.32. The molecule has 0 saturated heterocycles. The predicted molar refractivity (Wildman–Crippen MR) is 53.9 cm³/mol. The topological polar surface area (TPSA) is 62.8 Å². The number of halogens is 1. The third kappa shape index (κ3) is 1.68. The standard InChI is InChI=1S/C7H8IN3/c1-4(9)6-5(8)2-3-11-7(6)10/h2-3,9H,1H3,(H2,10,11). The summed E-state index contributed by atoms with van der Waals surface area (Å²) in [4.78, 5) is 3.89. The van der Waals surface area contributed by atoms with Gasteiger partial charge in [-0.15, -0.1) is 0 Å². The fourth-order valence-corrected chi connectivity index (χ4v) is 1.67. The van der Waals surface area contributed by atoms with Gasteiger partial charge in [-0.1, -0.05) is 0 Å². The van der Waals surface area contributed by atoms with Crippen molar-refractivity contribution in [3.05, 3.63) is 21.4 Å². The molecule has 0 aliphatic rings. The summed E-state index contributed by atoms with van der Waals surface area (Å²) in [5.74, 6) is 0.435. The van der Waals surface area contributed by atoms with Crippen molar-refractivity contribution in [3.63, 3.8) is 0 Å². The van der Waals surface area contributed by atoms with Gasteiger partial charge in [0.2, 0.25) is 0 Å². The summed E-state index contributed by atoms with van der Waals surface area (Å²) in [7, 11) is 0. The predicted octanol–water partition coefficient (Wildman–Crippen LogP) is 1.66. The monoisotopic (exact) mass is 261 g/mol. The van der Waals surface area contributed by atoms with Crippen LogP contribution in [0.4, 0.5) is 5.82 Å². The van der Waals surface area contributed by atoms with E-state index in [2.05, 4.69) is 27.6 Å². The zero-order chi connectivity index (χ0) is 8.43. The molecule has 4 heteroatoms. The van der Waals surface area contributed by atoms with Crippen LogP contribution >= 0.6 is 22.6 Å². The number of nitrogens with zero attached hydrogens (tertiary/aromatic N) is 1. The lowest BCUT2D eigenvalue weighted by Gasteiger charge is -2.03. The first-order chi connectivity index (χ1) is 5.13. The second-order valence-electron chi connectivity index (χ2n) is 2.18. The number of rotatable bonds is 1. The number of nitrogens with two attached hydrogens (primary N) is 1. The molecule has 1 heterocycles. The van der Waals surface area contributed by atoms with Crippen LogP contribution in [0.3, 0.4) is 0 Å². The van der Waals surface area contributed by atoms with Gasteiger partial charge < -0.3 is 11.1 Å². The van der Waals surface area contributed by atoms with Crippen molar-refractivity contribution < 1.29 is 0 Å². The van der Waals surface area contributed by atoms with Gasteiger partial charge in [-0.2, -0.15) is 0 Å². The normalized spacial score (nSPS) is 9.64. The van der Waals surface area contributed by atoms with Crippen molar-refractivity contribution in [1.29, 1.82) is 5.41 Å². The second-order valence-corrected chi connectivity index (χ2v) is 3.34. The fourth-order valence-electron chi connectivity index (χ4n) is 0.824. The number of aromatic nitrogens is 1. The summed E-state index contributed by atoms with van der Waals surface area (Å²) >= 11 is 2.14. The van der Waals surface area contributed by atoms with E-state index in [1.165, 1.54) is 0 Å². The van der Waals surface area contributed by atoms with Gasteiger partial charge in [0.15, 0.2) is 0 Å². The van der Waals surface area contributed by atoms with Crippen molar-refractivity contribution in [2.75, 3.05) is 5.73 Å². The van der Waals surface area contributed by atoms with Crippen LogP contribution in [0.1, 0.15) is 12.5 Å². The molecular weight excluding hydrogens is 253 g/mol. The Kier molecular flexibility index (Phi) is 2.43. The highest BCUT2D eigenvalue weighted by molar-refractivity contribution is 14.1. The van der Waals surface area contributed by atoms with Gasteiger partial charge in [0.1, 0.15) is 5.82 Å². The maximum Gasteiger partial charge on any atom is 0.133 e. The van der Waals surface area contributed by atoms with E-state index >= 15 is 0 Å². The van der Waals surface area contributed by atoms with Crippen molar-refractivity contribution >= 4 is 34.1 Å². The molecule has 0 radical (unpaired) electrons. The minimum absolute atomic E-state index is 0.435. The van der Waals surface area contributed by atoms with Crippen molar-refractivity contribution in [2.45, 2.75) is 6.92 Å². The lowest BCUT2D eigenvalue weighted by Crippen LogP contribution is -2.04. The minimum atomic E-state index is 0.435. The first-order valence-corrected chi connectivity index (χ1v) is 4.16. The Hall–Kier alpha value is -0.650. The summed E-state index contributed by atoms with van der Waals surface area (Å²) < 4.78 is 0.975. The van der Waals surface area contributed by atoms with Crippen molar-refractivity contribution in [2.24, 2.45) is 0 Å². The third-order valence-corrected chi connectivity index (χ3v) is 2.20. The highest BCUT2D eigenvalue weighted by Crippen LogP contribution is 2.16. The number of anilines is 1. The molecule has 1 aromatic heterocycles. The Morgan fingerprint density at radius 2 is 2.36 bits per heavy atom. The zero-order valence-corrected chi connectivity index (χ0v) is 8.21. The van der Waals surface area contributed by atoms with Crippen LogP contribution in [0.5, 0.6) is 0 Å². The molecule has 1 aromatic rings. The van der Waals surface area contributed by atoms with Crippen LogP contribution in [0.15, 0.2) is 12.3 Å². The van der Waals surface area contributed by atoms with Crippen LogP contribution < -0.4 is 5.73 Å². The van der Waals surface area contributed by atoms with Crippen molar-refractivity contribution in [3.8, 4) is 0 Å². The largest absolute Gasteiger partial charge is 0.383 e. The van der Waals surface area contributed by atoms with Gasteiger partial charge in [0, 0.05) is 15.5 Å². The Labute approximate surface area is 78.7 Å². The Morgan fingerprint density at radius 1 is 1.73 bits per heavy atom. The molecule has 0 saturated carbocycles. The Morgan fingerprint density at radius 3 is 2.73 bits per heavy atom. The quantitative estimate of drug-likeness (QED) is 0.596. The highest BCUT2D eigenvalue weighted by Gasteiger charge is 2.05. The van der Waals surface area contributed by atoms with Gasteiger partial charge in [0.05, 0.1) is 5.56 Å². The van der Waals surface area contributed by atoms with Gasteiger partial charge in [0.25, 0.3) is 0 Å². The molecule has 0 aliphatic carbocycles. The molecule has 3 nitrogen and oxygen atoms in total. The average molecular weight is 261 g/mol. The van der Waals surface area contributed by atoms with Gasteiger partial charge in [-0.25, -0.2) is 4.98 Å². The molecule has 0 bridgehead atoms. The number of pyridine rings is 1. The number of nitrogens with one attached hydrogen (secondary N) is 1. The molecular formula is C7H8IN3. The van der Waals surface area contributed by atoms with E-state index in [9.17, 15) is 0 Å². The van der Waals surface area contributed by atoms with E-state index in [1.54, 1.807) is 13.1 Å². The fraction of sp³-hybridized carbons (Fsp3) is 0.143. The van der Waals surface area contributed by atoms with E-state index in [4.69, 9.17) is 11.1 Å². The molecule has 58 valence electrons. The van der Waals surface area contributed by atoms with Crippen LogP contribution in [-0.2, 0) is 0 Å². The van der Waals surface area contributed by atoms with E-state index in [0.29, 0.717) is 11.5 Å². The summed E-state index contributed by atoms with van der Waals surface area (Å²) in [6.07, 6.45) is 1.64. The van der Waals surface area contributed by atoms with E-state index in [1.807, 2.05) is 6.07 Å². The van der Waals surface area contributed by atoms with Crippen LogP contribution in [0.25, 0.3) is 0 Å². The number of nitrogen functional groups attached to an aromatic ring is 1. The molecule has 0 unspecified atom stereocenters. The SMILES string of the molecule is CC(=N)c1c(I)ccnc1N. The summed E-state index contributed by atoms with van der Waals surface area (Å²) in [5.41, 5.74) is 6.77. The van der Waals surface area contributed by atoms with Crippen LogP contribution in [-0.4, -0.2) is 10.7 Å². The van der Waals surface area contributed by atoms with Crippen molar-refractivity contribution in [1.82, 2.24) is 4.98 Å². The van der Waals surface area contributed by atoms with Gasteiger partial charge >= 0.3 is 0 Å². The third-order valence-electron chi connectivity index (χ3n) is 1.30. The van der Waals surface area contributed by atoms with Gasteiger partial charge in [-0.3, -0.25) is 0 Å².